The Morgan fingerprint density at radius 3 is 2.71 bits per heavy atom. The summed E-state index contributed by atoms with van der Waals surface area (Å²) >= 11 is 0. The van der Waals surface area contributed by atoms with Gasteiger partial charge in [0.2, 0.25) is 5.91 Å². The van der Waals surface area contributed by atoms with Crippen LogP contribution in [0.15, 0.2) is 0 Å². The zero-order valence-corrected chi connectivity index (χ0v) is 11.3. The molecule has 0 aliphatic carbocycles. The van der Waals surface area contributed by atoms with Gasteiger partial charge in [-0.25, -0.2) is 0 Å². The Bertz CT molecular complexity index is 285. The molecule has 2 fully saturated rings. The molecule has 2 aliphatic rings. The Morgan fingerprint density at radius 1 is 1.29 bits per heavy atom. The summed E-state index contributed by atoms with van der Waals surface area (Å²) in [6, 6.07) is 1.29. The van der Waals surface area contributed by atoms with E-state index in [1.165, 1.54) is 19.3 Å². The van der Waals surface area contributed by atoms with Gasteiger partial charge in [0, 0.05) is 30.7 Å². The van der Waals surface area contributed by atoms with E-state index in [-0.39, 0.29) is 11.4 Å². The molecule has 0 aromatic rings. The van der Waals surface area contributed by atoms with Crippen LogP contribution in [0.5, 0.6) is 0 Å². The summed E-state index contributed by atoms with van der Waals surface area (Å²) in [6.07, 6.45) is 3.76. The predicted molar refractivity (Wildman–Crippen MR) is 68.9 cm³/mol. The van der Waals surface area contributed by atoms with Crippen molar-refractivity contribution in [2.45, 2.75) is 57.7 Å². The van der Waals surface area contributed by atoms with Crippen molar-refractivity contribution < 1.29 is 4.79 Å². The lowest BCUT2D eigenvalue weighted by atomic mass is 10.1. The minimum atomic E-state index is -0.125. The maximum atomic E-state index is 11.9. The molecule has 0 saturated carbocycles. The topological polar surface area (TPSA) is 44.4 Å². The van der Waals surface area contributed by atoms with Gasteiger partial charge in [-0.3, -0.25) is 9.69 Å². The highest BCUT2D eigenvalue weighted by atomic mass is 16.2. The predicted octanol–water partition coefficient (Wildman–Crippen LogP) is 0.727. The quantitative estimate of drug-likeness (QED) is 0.746. The normalized spacial score (nSPS) is 30.1. The van der Waals surface area contributed by atoms with Crippen LogP contribution in [0.2, 0.25) is 0 Å². The van der Waals surface area contributed by atoms with Crippen molar-refractivity contribution >= 4 is 5.91 Å². The highest BCUT2D eigenvalue weighted by molar-refractivity contribution is 5.78. The minimum absolute atomic E-state index is 0.125. The zero-order chi connectivity index (χ0) is 12.5. The molecule has 2 aliphatic heterocycles. The SMILES string of the molecule is CC(C)(C)NC(=O)CN1CCC2CCC(C1)N2. The second kappa shape index (κ2) is 4.94. The maximum Gasteiger partial charge on any atom is 0.234 e. The van der Waals surface area contributed by atoms with Crippen LogP contribution < -0.4 is 10.6 Å². The first-order valence-electron chi connectivity index (χ1n) is 6.72. The summed E-state index contributed by atoms with van der Waals surface area (Å²) < 4.78 is 0. The maximum absolute atomic E-state index is 11.9. The molecule has 0 aromatic carbocycles. The lowest BCUT2D eigenvalue weighted by Crippen LogP contribution is -2.47. The van der Waals surface area contributed by atoms with Gasteiger partial charge in [0.05, 0.1) is 6.54 Å². The van der Waals surface area contributed by atoms with Crippen LogP contribution in [0.1, 0.15) is 40.0 Å². The van der Waals surface area contributed by atoms with Crippen LogP contribution in [-0.2, 0) is 4.79 Å². The van der Waals surface area contributed by atoms with Gasteiger partial charge in [-0.05, 0) is 40.0 Å². The van der Waals surface area contributed by atoms with Crippen LogP contribution in [0.4, 0.5) is 0 Å². The molecule has 98 valence electrons. The van der Waals surface area contributed by atoms with Crippen molar-refractivity contribution in [1.29, 1.82) is 0 Å². The van der Waals surface area contributed by atoms with Crippen LogP contribution in [0, 0.1) is 0 Å². The van der Waals surface area contributed by atoms with Crippen molar-refractivity contribution in [2.75, 3.05) is 19.6 Å². The number of nitrogens with zero attached hydrogens (tertiary/aromatic N) is 1. The van der Waals surface area contributed by atoms with Crippen molar-refractivity contribution in [3.05, 3.63) is 0 Å². The third kappa shape index (κ3) is 3.96. The lowest BCUT2D eigenvalue weighted by Gasteiger charge is -2.26. The molecule has 2 atom stereocenters. The van der Waals surface area contributed by atoms with E-state index in [4.69, 9.17) is 0 Å². The number of nitrogens with one attached hydrogen (secondary N) is 2. The molecule has 2 unspecified atom stereocenters. The van der Waals surface area contributed by atoms with Crippen molar-refractivity contribution in [1.82, 2.24) is 15.5 Å². The number of amides is 1. The number of carbonyl (C=O) groups is 1. The van der Waals surface area contributed by atoms with Gasteiger partial charge >= 0.3 is 0 Å². The number of hydrogen-bond acceptors (Lipinski definition) is 3. The first-order valence-corrected chi connectivity index (χ1v) is 6.72. The van der Waals surface area contributed by atoms with Gasteiger partial charge < -0.3 is 10.6 Å². The van der Waals surface area contributed by atoms with Gasteiger partial charge in [-0.15, -0.1) is 0 Å². The number of fused-ring (bicyclic) bond motifs is 2. The molecule has 1 amide bonds. The third-order valence-corrected chi connectivity index (χ3v) is 3.49. The number of likely N-dealkylation sites (tertiary alicyclic amines) is 1. The van der Waals surface area contributed by atoms with Crippen molar-refractivity contribution in [2.24, 2.45) is 0 Å². The van der Waals surface area contributed by atoms with Crippen LogP contribution in [-0.4, -0.2) is 48.1 Å². The fourth-order valence-corrected chi connectivity index (χ4v) is 2.82. The number of hydrogen-bond donors (Lipinski definition) is 2. The van der Waals surface area contributed by atoms with E-state index in [0.717, 1.165) is 13.1 Å². The molecule has 2 saturated heterocycles. The molecule has 2 heterocycles. The second-order valence-electron chi connectivity index (χ2n) is 6.46. The van der Waals surface area contributed by atoms with Crippen LogP contribution >= 0.6 is 0 Å². The third-order valence-electron chi connectivity index (χ3n) is 3.49. The average molecular weight is 239 g/mol. The number of carbonyl (C=O) groups excluding carboxylic acids is 1. The van der Waals surface area contributed by atoms with Crippen LogP contribution in [0.25, 0.3) is 0 Å². The molecule has 2 rings (SSSR count). The van der Waals surface area contributed by atoms with E-state index in [1.54, 1.807) is 0 Å². The molecule has 0 radical (unpaired) electrons. The Kier molecular flexibility index (Phi) is 3.73. The molecular weight excluding hydrogens is 214 g/mol. The van der Waals surface area contributed by atoms with E-state index in [0.29, 0.717) is 18.6 Å². The van der Waals surface area contributed by atoms with Gasteiger partial charge in [0.15, 0.2) is 0 Å². The van der Waals surface area contributed by atoms with E-state index in [1.807, 2.05) is 20.8 Å². The molecule has 17 heavy (non-hydrogen) atoms. The summed E-state index contributed by atoms with van der Waals surface area (Å²) in [7, 11) is 0. The second-order valence-corrected chi connectivity index (χ2v) is 6.46. The molecular formula is C13H25N3O. The minimum Gasteiger partial charge on any atom is -0.350 e. The first kappa shape index (κ1) is 12.8. The summed E-state index contributed by atoms with van der Waals surface area (Å²) in [5.41, 5.74) is -0.125. The van der Waals surface area contributed by atoms with Crippen LogP contribution in [0.3, 0.4) is 0 Å². The first-order chi connectivity index (χ1) is 7.92. The van der Waals surface area contributed by atoms with E-state index in [9.17, 15) is 4.79 Å². The summed E-state index contributed by atoms with van der Waals surface area (Å²) in [6.45, 7) is 8.69. The fourth-order valence-electron chi connectivity index (χ4n) is 2.82. The molecule has 0 spiro atoms. The monoisotopic (exact) mass is 239 g/mol. The van der Waals surface area contributed by atoms with Gasteiger partial charge in [-0.2, -0.15) is 0 Å². The molecule has 2 N–H and O–H groups in total. The largest absolute Gasteiger partial charge is 0.350 e. The zero-order valence-electron chi connectivity index (χ0n) is 11.3. The fraction of sp³-hybridized carbons (Fsp3) is 0.923. The highest BCUT2D eigenvalue weighted by Crippen LogP contribution is 2.20. The molecule has 0 aromatic heterocycles. The summed E-state index contributed by atoms with van der Waals surface area (Å²) in [4.78, 5) is 14.2. The van der Waals surface area contributed by atoms with Crippen molar-refractivity contribution in [3.63, 3.8) is 0 Å². The highest BCUT2D eigenvalue weighted by Gasteiger charge is 2.30. The van der Waals surface area contributed by atoms with Gasteiger partial charge in [-0.1, -0.05) is 0 Å². The Balaban J connectivity index is 1.81. The van der Waals surface area contributed by atoms with E-state index >= 15 is 0 Å². The smallest absolute Gasteiger partial charge is 0.234 e. The van der Waals surface area contributed by atoms with Gasteiger partial charge in [0.1, 0.15) is 0 Å². The Labute approximate surface area is 104 Å². The number of rotatable bonds is 2. The lowest BCUT2D eigenvalue weighted by molar-refractivity contribution is -0.123. The molecule has 4 nitrogen and oxygen atoms in total. The summed E-state index contributed by atoms with van der Waals surface area (Å²) in [5, 5.41) is 6.66. The standard InChI is InChI=1S/C13H25N3O/c1-13(2,3)15-12(17)9-16-7-6-10-4-5-11(8-16)14-10/h10-11,14H,4-9H2,1-3H3,(H,15,17). The Morgan fingerprint density at radius 2 is 2.00 bits per heavy atom. The van der Waals surface area contributed by atoms with E-state index < -0.39 is 0 Å². The van der Waals surface area contributed by atoms with Gasteiger partial charge in [0.25, 0.3) is 0 Å². The van der Waals surface area contributed by atoms with Crippen molar-refractivity contribution in [3.8, 4) is 0 Å². The Hall–Kier alpha value is -0.610. The molecule has 4 heteroatoms. The van der Waals surface area contributed by atoms with E-state index in [2.05, 4.69) is 15.5 Å². The summed E-state index contributed by atoms with van der Waals surface area (Å²) in [5.74, 6) is 0.148. The average Bonchev–Trinajstić information content (AvgIpc) is 2.48. The molecule has 2 bridgehead atoms.